The fourth-order valence-corrected chi connectivity index (χ4v) is 4.51. The van der Waals surface area contributed by atoms with E-state index in [1.807, 2.05) is 6.92 Å². The van der Waals surface area contributed by atoms with Crippen molar-refractivity contribution in [3.63, 3.8) is 0 Å². The van der Waals surface area contributed by atoms with Crippen molar-refractivity contribution in [1.29, 1.82) is 0 Å². The second-order valence-corrected chi connectivity index (χ2v) is 7.97. The number of nitrogens with zero attached hydrogens (tertiary/aromatic N) is 2. The molecule has 2 aromatic rings. The number of likely N-dealkylation sites (N-methyl/N-ethyl adjacent to an activating group) is 1. The molecular weight excluding hydrogens is 336 g/mol. The highest BCUT2D eigenvalue weighted by atomic mass is 32.2. The molecule has 2 rings (SSSR count). The van der Waals surface area contributed by atoms with Crippen LogP contribution >= 0.6 is 0 Å². The van der Waals surface area contributed by atoms with Crippen molar-refractivity contribution in [2.24, 2.45) is 0 Å². The first-order valence-corrected chi connectivity index (χ1v) is 10.1. The van der Waals surface area contributed by atoms with Gasteiger partial charge in [-0.1, -0.05) is 43.7 Å². The predicted octanol–water partition coefficient (Wildman–Crippen LogP) is 2.70. The second-order valence-electron chi connectivity index (χ2n) is 6.26. The predicted molar refractivity (Wildman–Crippen MR) is 100 cm³/mol. The monoisotopic (exact) mass is 364 g/mol. The van der Waals surface area contributed by atoms with E-state index in [0.717, 1.165) is 18.7 Å². The largest absolute Gasteiger partial charge is 0.296 e. The molecule has 2 N–H and O–H groups in total. The summed E-state index contributed by atoms with van der Waals surface area (Å²) in [5, 5.41) is 6.72. The Balaban J connectivity index is 2.27. The van der Waals surface area contributed by atoms with Crippen LogP contribution in [-0.4, -0.2) is 43.1 Å². The molecule has 1 aromatic heterocycles. The van der Waals surface area contributed by atoms with Crippen LogP contribution in [0, 0.1) is 20.8 Å². The average molecular weight is 365 g/mol. The number of aromatic amines is 1. The van der Waals surface area contributed by atoms with Crippen LogP contribution in [0.1, 0.15) is 42.4 Å². The van der Waals surface area contributed by atoms with Crippen LogP contribution in [0.25, 0.3) is 0 Å². The molecule has 1 heterocycles. The van der Waals surface area contributed by atoms with E-state index < -0.39 is 10.0 Å². The summed E-state index contributed by atoms with van der Waals surface area (Å²) in [7, 11) is -3.61. The zero-order chi connectivity index (χ0) is 18.6. The minimum absolute atomic E-state index is 0.0158. The van der Waals surface area contributed by atoms with Crippen molar-refractivity contribution in [2.75, 3.05) is 19.6 Å². The minimum Gasteiger partial charge on any atom is -0.296 e. The van der Waals surface area contributed by atoms with Crippen LogP contribution in [0.15, 0.2) is 29.2 Å². The van der Waals surface area contributed by atoms with Gasteiger partial charge in [0.1, 0.15) is 4.90 Å². The highest BCUT2D eigenvalue weighted by Gasteiger charge is 2.25. The van der Waals surface area contributed by atoms with E-state index >= 15 is 0 Å². The SMILES string of the molecule is CCN(CC)C(CNS(=O)(=O)c1c(C)n[nH]c1C)c1ccc(C)cc1. The number of benzene rings is 1. The molecule has 138 valence electrons. The Morgan fingerprint density at radius 2 is 1.72 bits per heavy atom. The van der Waals surface area contributed by atoms with Gasteiger partial charge in [0.25, 0.3) is 0 Å². The molecule has 0 aliphatic carbocycles. The Bertz CT molecular complexity index is 773. The second kappa shape index (κ2) is 8.12. The highest BCUT2D eigenvalue weighted by molar-refractivity contribution is 7.89. The van der Waals surface area contributed by atoms with Gasteiger partial charge in [-0.15, -0.1) is 0 Å². The molecule has 7 heteroatoms. The first kappa shape index (κ1) is 19.6. The van der Waals surface area contributed by atoms with Crippen molar-refractivity contribution in [3.05, 3.63) is 46.8 Å². The molecule has 0 bridgehead atoms. The van der Waals surface area contributed by atoms with Gasteiger partial charge < -0.3 is 0 Å². The van der Waals surface area contributed by atoms with Crippen LogP contribution < -0.4 is 4.72 Å². The first-order chi connectivity index (χ1) is 11.8. The molecule has 0 saturated heterocycles. The molecule has 25 heavy (non-hydrogen) atoms. The van der Waals surface area contributed by atoms with Gasteiger partial charge in [-0.25, -0.2) is 13.1 Å². The Hall–Kier alpha value is -1.70. The van der Waals surface area contributed by atoms with E-state index in [9.17, 15) is 8.42 Å². The third-order valence-electron chi connectivity index (χ3n) is 4.51. The fourth-order valence-electron chi connectivity index (χ4n) is 3.11. The lowest BCUT2D eigenvalue weighted by Gasteiger charge is -2.30. The Kier molecular flexibility index (Phi) is 6.37. The lowest BCUT2D eigenvalue weighted by Crippen LogP contribution is -2.38. The summed E-state index contributed by atoms with van der Waals surface area (Å²) < 4.78 is 28.2. The maximum absolute atomic E-state index is 12.7. The number of sulfonamides is 1. The van der Waals surface area contributed by atoms with Gasteiger partial charge in [0.05, 0.1) is 11.4 Å². The quantitative estimate of drug-likeness (QED) is 0.755. The summed E-state index contributed by atoms with van der Waals surface area (Å²) >= 11 is 0. The molecule has 0 aliphatic rings. The van der Waals surface area contributed by atoms with E-state index in [1.165, 1.54) is 5.56 Å². The van der Waals surface area contributed by atoms with Crippen molar-refractivity contribution in [1.82, 2.24) is 19.8 Å². The van der Waals surface area contributed by atoms with E-state index in [2.05, 4.69) is 57.9 Å². The molecule has 6 nitrogen and oxygen atoms in total. The lowest BCUT2D eigenvalue weighted by molar-refractivity contribution is 0.220. The lowest BCUT2D eigenvalue weighted by atomic mass is 10.0. The summed E-state index contributed by atoms with van der Waals surface area (Å²) in [5.74, 6) is 0. The molecule has 1 atom stereocenters. The van der Waals surface area contributed by atoms with Crippen LogP contribution in [0.3, 0.4) is 0 Å². The van der Waals surface area contributed by atoms with Gasteiger partial charge in [-0.3, -0.25) is 10.00 Å². The smallest absolute Gasteiger partial charge is 0.244 e. The summed E-state index contributed by atoms with van der Waals surface area (Å²) in [4.78, 5) is 2.50. The number of rotatable bonds is 8. The van der Waals surface area contributed by atoms with E-state index in [1.54, 1.807) is 13.8 Å². The maximum atomic E-state index is 12.7. The van der Waals surface area contributed by atoms with Gasteiger partial charge in [0, 0.05) is 12.6 Å². The standard InChI is InChI=1S/C18H28N4O2S/c1-6-22(7-2)17(16-10-8-13(3)9-11-16)12-19-25(23,24)18-14(4)20-21-15(18)5/h8-11,17,19H,6-7,12H2,1-5H3,(H,20,21). The summed E-state index contributed by atoms with van der Waals surface area (Å²) in [6.45, 7) is 11.6. The van der Waals surface area contributed by atoms with E-state index in [-0.39, 0.29) is 10.9 Å². The van der Waals surface area contributed by atoms with Gasteiger partial charge >= 0.3 is 0 Å². The van der Waals surface area contributed by atoms with Crippen LogP contribution in [-0.2, 0) is 10.0 Å². The number of aromatic nitrogens is 2. The third-order valence-corrected chi connectivity index (χ3v) is 6.20. The average Bonchev–Trinajstić information content (AvgIpc) is 2.92. The van der Waals surface area contributed by atoms with Gasteiger partial charge in [-0.05, 0) is 39.4 Å². The van der Waals surface area contributed by atoms with E-state index in [0.29, 0.717) is 17.9 Å². The number of hydrogen-bond donors (Lipinski definition) is 2. The van der Waals surface area contributed by atoms with E-state index in [4.69, 9.17) is 0 Å². The van der Waals surface area contributed by atoms with Gasteiger partial charge in [-0.2, -0.15) is 5.10 Å². The molecule has 0 spiro atoms. The molecule has 0 saturated carbocycles. The Morgan fingerprint density at radius 1 is 1.12 bits per heavy atom. The molecule has 1 unspecified atom stereocenters. The van der Waals surface area contributed by atoms with Crippen molar-refractivity contribution < 1.29 is 8.42 Å². The van der Waals surface area contributed by atoms with Crippen molar-refractivity contribution in [2.45, 2.75) is 45.6 Å². The first-order valence-electron chi connectivity index (χ1n) is 8.62. The number of hydrogen-bond acceptors (Lipinski definition) is 4. The van der Waals surface area contributed by atoms with Crippen LogP contribution in [0.2, 0.25) is 0 Å². The van der Waals surface area contributed by atoms with Gasteiger partial charge in [0.2, 0.25) is 10.0 Å². The molecule has 0 amide bonds. The maximum Gasteiger partial charge on any atom is 0.244 e. The number of nitrogens with one attached hydrogen (secondary N) is 2. The molecule has 0 aliphatic heterocycles. The third kappa shape index (κ3) is 4.48. The highest BCUT2D eigenvalue weighted by Crippen LogP contribution is 2.22. The number of H-pyrrole nitrogens is 1. The van der Waals surface area contributed by atoms with Crippen LogP contribution in [0.4, 0.5) is 0 Å². The molecule has 1 aromatic carbocycles. The summed E-state index contributed by atoms with van der Waals surface area (Å²) in [5.41, 5.74) is 3.34. The van der Waals surface area contributed by atoms with Gasteiger partial charge in [0.15, 0.2) is 0 Å². The Labute approximate surface area is 150 Å². The minimum atomic E-state index is -3.61. The zero-order valence-electron chi connectivity index (χ0n) is 15.6. The molecular formula is C18H28N4O2S. The Morgan fingerprint density at radius 3 is 2.20 bits per heavy atom. The molecule has 0 radical (unpaired) electrons. The normalized spacial score (nSPS) is 13.4. The number of aryl methyl sites for hydroxylation is 3. The summed E-state index contributed by atoms with van der Waals surface area (Å²) in [6.07, 6.45) is 0. The van der Waals surface area contributed by atoms with Crippen molar-refractivity contribution in [3.8, 4) is 0 Å². The van der Waals surface area contributed by atoms with Crippen molar-refractivity contribution >= 4 is 10.0 Å². The molecule has 0 fully saturated rings. The van der Waals surface area contributed by atoms with Crippen LogP contribution in [0.5, 0.6) is 0 Å². The topological polar surface area (TPSA) is 78.1 Å². The fraction of sp³-hybridized carbons (Fsp3) is 0.500. The zero-order valence-corrected chi connectivity index (χ0v) is 16.4. The summed E-state index contributed by atoms with van der Waals surface area (Å²) in [6, 6.07) is 8.25.